The van der Waals surface area contributed by atoms with Crippen LogP contribution in [-0.4, -0.2) is 30.3 Å². The zero-order chi connectivity index (χ0) is 23.2. The number of alkyl halides is 3. The molecule has 32 heavy (non-hydrogen) atoms. The van der Waals surface area contributed by atoms with Gasteiger partial charge in [-0.25, -0.2) is 9.50 Å². The van der Waals surface area contributed by atoms with Crippen LogP contribution in [0.15, 0.2) is 41.0 Å². The lowest BCUT2D eigenvalue weighted by atomic mass is 10.2. The molecule has 4 aromatic rings. The second-order valence-electron chi connectivity index (χ2n) is 6.78. The summed E-state index contributed by atoms with van der Waals surface area (Å²) in [6, 6.07) is 7.95. The molecule has 4 rings (SSSR count). The van der Waals surface area contributed by atoms with E-state index >= 15 is 0 Å². The van der Waals surface area contributed by atoms with Gasteiger partial charge in [0.1, 0.15) is 10.7 Å². The van der Waals surface area contributed by atoms with Crippen molar-refractivity contribution in [3.63, 3.8) is 0 Å². The topological polar surface area (TPSA) is 77.1 Å². The van der Waals surface area contributed by atoms with Gasteiger partial charge in [0.05, 0.1) is 11.0 Å². The first-order chi connectivity index (χ1) is 15.0. The fourth-order valence-corrected chi connectivity index (χ4v) is 3.81. The maximum absolute atomic E-state index is 13.4. The van der Waals surface area contributed by atoms with Crippen molar-refractivity contribution in [3.8, 4) is 0 Å². The molecule has 13 heteroatoms. The molecule has 0 saturated heterocycles. The summed E-state index contributed by atoms with van der Waals surface area (Å²) in [6.07, 6.45) is -3.17. The van der Waals surface area contributed by atoms with Crippen LogP contribution in [-0.2, 0) is 12.7 Å². The van der Waals surface area contributed by atoms with Crippen molar-refractivity contribution in [2.75, 3.05) is 5.32 Å². The molecule has 0 aliphatic heterocycles. The summed E-state index contributed by atoms with van der Waals surface area (Å²) in [6.45, 7) is 1.78. The number of hydrogen-bond donors (Lipinski definition) is 1. The first-order valence-corrected chi connectivity index (χ1v) is 10.5. The quantitative estimate of drug-likeness (QED) is 0.359. The van der Waals surface area contributed by atoms with E-state index in [0.29, 0.717) is 16.1 Å². The number of rotatable bonds is 4. The number of carbonyl (C=O) groups excluding carboxylic acids is 1. The molecular formula is C19H12BrCl2F3N6O. The van der Waals surface area contributed by atoms with Gasteiger partial charge >= 0.3 is 6.18 Å². The number of halogens is 6. The van der Waals surface area contributed by atoms with Crippen LogP contribution in [0.4, 0.5) is 19.0 Å². The van der Waals surface area contributed by atoms with E-state index in [1.54, 1.807) is 12.1 Å². The average Bonchev–Trinajstić information content (AvgIpc) is 3.22. The Balaban J connectivity index is 1.62. The molecule has 0 spiro atoms. The predicted octanol–water partition coefficient (Wildman–Crippen LogP) is 5.62. The van der Waals surface area contributed by atoms with Crippen LogP contribution < -0.4 is 5.32 Å². The van der Waals surface area contributed by atoms with Gasteiger partial charge in [-0.3, -0.25) is 9.48 Å². The lowest BCUT2D eigenvalue weighted by Crippen LogP contribution is -2.16. The second-order valence-corrected chi connectivity index (χ2v) is 8.42. The van der Waals surface area contributed by atoms with E-state index in [4.69, 9.17) is 23.2 Å². The number of anilines is 1. The van der Waals surface area contributed by atoms with Crippen molar-refractivity contribution in [2.24, 2.45) is 0 Å². The molecule has 7 nitrogen and oxygen atoms in total. The van der Waals surface area contributed by atoms with E-state index in [0.717, 1.165) is 11.6 Å². The summed E-state index contributed by atoms with van der Waals surface area (Å²) >= 11 is 15.2. The highest BCUT2D eigenvalue weighted by atomic mass is 79.9. The Morgan fingerprint density at radius 3 is 2.53 bits per heavy atom. The normalized spacial score (nSPS) is 11.8. The van der Waals surface area contributed by atoms with E-state index in [-0.39, 0.29) is 32.3 Å². The molecule has 0 aliphatic carbocycles. The van der Waals surface area contributed by atoms with Gasteiger partial charge in [0.25, 0.3) is 5.91 Å². The number of benzene rings is 1. The largest absolute Gasteiger partial charge is 0.433 e. The number of fused-ring (bicyclic) bond motifs is 1. The SMILES string of the molecule is Cc1cc(C(F)(F)F)n2nc(C(=O)Nc3nn(Cc4ccc(Cl)cc4)cc3Cl)c(Br)c2n1. The van der Waals surface area contributed by atoms with Gasteiger partial charge in [0.2, 0.25) is 0 Å². The highest BCUT2D eigenvalue weighted by molar-refractivity contribution is 9.10. The molecule has 0 unspecified atom stereocenters. The highest BCUT2D eigenvalue weighted by Gasteiger charge is 2.36. The van der Waals surface area contributed by atoms with E-state index in [2.05, 4.69) is 36.4 Å². The van der Waals surface area contributed by atoms with Gasteiger partial charge in [-0.15, -0.1) is 0 Å². The van der Waals surface area contributed by atoms with Crippen LogP contribution in [0.25, 0.3) is 5.65 Å². The minimum atomic E-state index is -4.69. The third kappa shape index (κ3) is 4.45. The Morgan fingerprint density at radius 2 is 1.88 bits per heavy atom. The first-order valence-electron chi connectivity index (χ1n) is 8.95. The molecule has 0 atom stereocenters. The number of aromatic nitrogens is 5. The van der Waals surface area contributed by atoms with Crippen molar-refractivity contribution in [1.29, 1.82) is 0 Å². The molecular weight excluding hydrogens is 536 g/mol. The number of nitrogens with zero attached hydrogens (tertiary/aromatic N) is 5. The molecule has 1 N–H and O–H groups in total. The highest BCUT2D eigenvalue weighted by Crippen LogP contribution is 2.32. The molecule has 1 amide bonds. The average molecular weight is 548 g/mol. The monoisotopic (exact) mass is 546 g/mol. The van der Waals surface area contributed by atoms with Gasteiger partial charge in [-0.1, -0.05) is 35.3 Å². The van der Waals surface area contributed by atoms with Crippen LogP contribution in [0.3, 0.4) is 0 Å². The summed E-state index contributed by atoms with van der Waals surface area (Å²) in [5, 5.41) is 11.3. The molecule has 3 heterocycles. The van der Waals surface area contributed by atoms with Gasteiger partial charge in [0.15, 0.2) is 17.2 Å². The van der Waals surface area contributed by atoms with Crippen LogP contribution in [0.5, 0.6) is 0 Å². The van der Waals surface area contributed by atoms with Crippen molar-refractivity contribution >= 4 is 56.5 Å². The summed E-state index contributed by atoms with van der Waals surface area (Å²) in [5.74, 6) is -0.762. The summed E-state index contributed by atoms with van der Waals surface area (Å²) in [7, 11) is 0. The Hall–Kier alpha value is -2.63. The molecule has 0 radical (unpaired) electrons. The third-order valence-corrected chi connectivity index (χ3v) is 5.63. The second kappa shape index (κ2) is 8.38. The Kier molecular flexibility index (Phi) is 5.91. The van der Waals surface area contributed by atoms with Gasteiger partial charge in [-0.05, 0) is 46.6 Å². The van der Waals surface area contributed by atoms with Gasteiger partial charge < -0.3 is 5.32 Å². The third-order valence-electron chi connectivity index (χ3n) is 4.37. The minimum Gasteiger partial charge on any atom is -0.302 e. The first kappa shape index (κ1) is 22.6. The molecule has 0 saturated carbocycles. The summed E-state index contributed by atoms with van der Waals surface area (Å²) < 4.78 is 42.3. The number of aryl methyl sites for hydroxylation is 1. The maximum Gasteiger partial charge on any atom is 0.433 e. The number of carbonyl (C=O) groups is 1. The zero-order valence-corrected chi connectivity index (χ0v) is 19.2. The lowest BCUT2D eigenvalue weighted by Gasteiger charge is -2.09. The predicted molar refractivity (Wildman–Crippen MR) is 116 cm³/mol. The van der Waals surface area contributed by atoms with Crippen molar-refractivity contribution in [3.05, 3.63) is 73.7 Å². The van der Waals surface area contributed by atoms with Crippen LogP contribution in [0, 0.1) is 6.92 Å². The van der Waals surface area contributed by atoms with Gasteiger partial charge in [-0.2, -0.15) is 23.4 Å². The van der Waals surface area contributed by atoms with Crippen molar-refractivity contribution in [2.45, 2.75) is 19.6 Å². The van der Waals surface area contributed by atoms with Crippen LogP contribution in [0.2, 0.25) is 10.0 Å². The standard InChI is InChI=1S/C19H12BrCl2F3N6O/c1-9-6-13(19(23,24)25)31-17(26-9)14(20)15(28-31)18(32)27-16-12(22)8-30(29-16)7-10-2-4-11(21)5-3-10/h2-6,8H,7H2,1H3,(H,27,29,32). The number of amides is 1. The fraction of sp³-hybridized carbons (Fsp3) is 0.158. The zero-order valence-electron chi connectivity index (χ0n) is 16.1. The fourth-order valence-electron chi connectivity index (χ4n) is 2.97. The van der Waals surface area contributed by atoms with Crippen molar-refractivity contribution in [1.82, 2.24) is 24.4 Å². The molecule has 166 valence electrons. The van der Waals surface area contributed by atoms with Gasteiger partial charge in [0, 0.05) is 16.9 Å². The van der Waals surface area contributed by atoms with Crippen LogP contribution >= 0.6 is 39.1 Å². The molecule has 0 aliphatic rings. The Morgan fingerprint density at radius 1 is 1.19 bits per heavy atom. The Bertz CT molecular complexity index is 1330. The molecule has 1 aromatic carbocycles. The molecule has 3 aromatic heterocycles. The van der Waals surface area contributed by atoms with Crippen LogP contribution in [0.1, 0.15) is 27.4 Å². The van der Waals surface area contributed by atoms with E-state index in [9.17, 15) is 18.0 Å². The van der Waals surface area contributed by atoms with E-state index in [1.807, 2.05) is 12.1 Å². The van der Waals surface area contributed by atoms with Crippen molar-refractivity contribution < 1.29 is 18.0 Å². The summed E-state index contributed by atoms with van der Waals surface area (Å²) in [5.41, 5.74) is -0.458. The lowest BCUT2D eigenvalue weighted by molar-refractivity contribution is -0.142. The number of hydrogen-bond acceptors (Lipinski definition) is 4. The summed E-state index contributed by atoms with van der Waals surface area (Å²) in [4.78, 5) is 16.8. The van der Waals surface area contributed by atoms with E-state index < -0.39 is 17.8 Å². The molecule has 0 fully saturated rings. The smallest absolute Gasteiger partial charge is 0.302 e. The minimum absolute atomic E-state index is 0.0147. The Labute approximate surface area is 197 Å². The number of nitrogens with one attached hydrogen (secondary N) is 1. The molecule has 0 bridgehead atoms. The maximum atomic E-state index is 13.4. The van der Waals surface area contributed by atoms with E-state index in [1.165, 1.54) is 17.8 Å².